The van der Waals surface area contributed by atoms with Crippen LogP contribution in [0.3, 0.4) is 0 Å². The van der Waals surface area contributed by atoms with Gasteiger partial charge in [-0.3, -0.25) is 0 Å². The third-order valence-corrected chi connectivity index (χ3v) is 5.80. The quantitative estimate of drug-likeness (QED) is 0.762. The Hall–Kier alpha value is -0.380. The summed E-state index contributed by atoms with van der Waals surface area (Å²) in [6.45, 7) is 4.12. The highest BCUT2D eigenvalue weighted by molar-refractivity contribution is 8.21. The molecular weight excluding hydrogens is 272 g/mol. The van der Waals surface area contributed by atoms with E-state index in [4.69, 9.17) is 0 Å². The van der Waals surface area contributed by atoms with E-state index in [1.54, 1.807) is 23.5 Å². The number of hydrogen-bond acceptors (Lipinski definition) is 3. The second kappa shape index (κ2) is 8.03. The maximum Gasteiger partial charge on any atom is 0.0683 e. The topological polar surface area (TPSA) is 20.2 Å². The van der Waals surface area contributed by atoms with Crippen molar-refractivity contribution in [1.29, 1.82) is 0 Å². The van der Waals surface area contributed by atoms with Crippen molar-refractivity contribution in [3.63, 3.8) is 0 Å². The molecule has 1 aromatic rings. The van der Waals surface area contributed by atoms with Gasteiger partial charge in [0.05, 0.1) is 5.60 Å². The fourth-order valence-electron chi connectivity index (χ4n) is 2.09. The van der Waals surface area contributed by atoms with Crippen molar-refractivity contribution in [1.82, 2.24) is 0 Å². The van der Waals surface area contributed by atoms with Gasteiger partial charge in [-0.1, -0.05) is 44.2 Å². The highest BCUT2D eigenvalue weighted by Gasteiger charge is 2.25. The lowest BCUT2D eigenvalue weighted by Crippen LogP contribution is -2.27. The van der Waals surface area contributed by atoms with Crippen LogP contribution in [0.2, 0.25) is 0 Å². The van der Waals surface area contributed by atoms with Gasteiger partial charge < -0.3 is 5.11 Å². The monoisotopic (exact) mass is 296 g/mol. The zero-order chi connectivity index (χ0) is 14.3. The van der Waals surface area contributed by atoms with Crippen molar-refractivity contribution >= 4 is 29.1 Å². The smallest absolute Gasteiger partial charge is 0.0683 e. The Morgan fingerprint density at radius 1 is 1.05 bits per heavy atom. The van der Waals surface area contributed by atoms with Crippen LogP contribution in [0.15, 0.2) is 34.6 Å². The lowest BCUT2D eigenvalue weighted by molar-refractivity contribution is 0.0376. The van der Waals surface area contributed by atoms with Gasteiger partial charge in [0.1, 0.15) is 0 Å². The Kier molecular flexibility index (Phi) is 7.05. The SMILES string of the molecule is CCC(O)(CC)CC(=C(SC)SC)c1ccccc1. The van der Waals surface area contributed by atoms with Crippen molar-refractivity contribution < 1.29 is 5.11 Å². The summed E-state index contributed by atoms with van der Waals surface area (Å²) >= 11 is 3.53. The van der Waals surface area contributed by atoms with Crippen LogP contribution in [0.25, 0.3) is 5.57 Å². The number of rotatable bonds is 7. The molecule has 1 N–H and O–H groups in total. The van der Waals surface area contributed by atoms with Gasteiger partial charge >= 0.3 is 0 Å². The molecule has 0 fully saturated rings. The first-order valence-electron chi connectivity index (χ1n) is 6.69. The van der Waals surface area contributed by atoms with Gasteiger partial charge in [0.15, 0.2) is 0 Å². The highest BCUT2D eigenvalue weighted by Crippen LogP contribution is 2.39. The lowest BCUT2D eigenvalue weighted by atomic mass is 9.87. The molecule has 0 aliphatic heterocycles. The van der Waals surface area contributed by atoms with Crippen LogP contribution in [-0.4, -0.2) is 23.2 Å². The second-order valence-electron chi connectivity index (χ2n) is 4.65. The molecule has 0 unspecified atom stereocenters. The summed E-state index contributed by atoms with van der Waals surface area (Å²) in [6, 6.07) is 10.4. The van der Waals surface area contributed by atoms with Gasteiger partial charge in [0, 0.05) is 10.7 Å². The Morgan fingerprint density at radius 3 is 2.00 bits per heavy atom. The van der Waals surface area contributed by atoms with Crippen LogP contribution < -0.4 is 0 Å². The summed E-state index contributed by atoms with van der Waals surface area (Å²) in [7, 11) is 0. The summed E-state index contributed by atoms with van der Waals surface area (Å²) in [5, 5.41) is 10.6. The van der Waals surface area contributed by atoms with E-state index in [-0.39, 0.29) is 0 Å². The van der Waals surface area contributed by atoms with Crippen LogP contribution in [0.1, 0.15) is 38.7 Å². The third-order valence-electron chi connectivity index (χ3n) is 3.56. The fourth-order valence-corrected chi connectivity index (χ4v) is 3.63. The molecule has 0 spiro atoms. The summed E-state index contributed by atoms with van der Waals surface area (Å²) in [5.74, 6) is 0. The molecule has 0 saturated carbocycles. The van der Waals surface area contributed by atoms with Crippen molar-refractivity contribution in [3.8, 4) is 0 Å². The molecule has 1 nitrogen and oxygen atoms in total. The van der Waals surface area contributed by atoms with Crippen molar-refractivity contribution in [3.05, 3.63) is 40.1 Å². The van der Waals surface area contributed by atoms with Crippen LogP contribution in [0.4, 0.5) is 0 Å². The molecule has 0 bridgehead atoms. The molecule has 0 saturated heterocycles. The van der Waals surface area contributed by atoms with Gasteiger partial charge in [0.25, 0.3) is 0 Å². The van der Waals surface area contributed by atoms with E-state index < -0.39 is 5.60 Å². The van der Waals surface area contributed by atoms with E-state index in [1.165, 1.54) is 15.4 Å². The van der Waals surface area contributed by atoms with Crippen molar-refractivity contribution in [2.24, 2.45) is 0 Å². The maximum absolute atomic E-state index is 10.6. The van der Waals surface area contributed by atoms with Crippen LogP contribution in [-0.2, 0) is 0 Å². The Bertz CT molecular complexity index is 402. The molecule has 0 aliphatic carbocycles. The molecule has 3 heteroatoms. The van der Waals surface area contributed by atoms with Crippen LogP contribution in [0, 0.1) is 0 Å². The normalized spacial score (nSPS) is 11.4. The van der Waals surface area contributed by atoms with Gasteiger partial charge in [-0.15, -0.1) is 23.5 Å². The number of hydrogen-bond donors (Lipinski definition) is 1. The minimum Gasteiger partial charge on any atom is -0.390 e. The predicted molar refractivity (Wildman–Crippen MR) is 90.5 cm³/mol. The van der Waals surface area contributed by atoms with Gasteiger partial charge in [-0.2, -0.15) is 0 Å². The van der Waals surface area contributed by atoms with Gasteiger partial charge in [-0.25, -0.2) is 0 Å². The number of thioether (sulfide) groups is 2. The van der Waals surface area contributed by atoms with E-state index in [0.29, 0.717) is 0 Å². The molecule has 0 amide bonds. The first-order chi connectivity index (χ1) is 9.10. The molecule has 0 heterocycles. The molecule has 106 valence electrons. The highest BCUT2D eigenvalue weighted by atomic mass is 32.2. The van der Waals surface area contributed by atoms with E-state index in [1.807, 2.05) is 6.07 Å². The summed E-state index contributed by atoms with van der Waals surface area (Å²) in [6.07, 6.45) is 6.50. The first-order valence-corrected chi connectivity index (χ1v) is 9.14. The van der Waals surface area contributed by atoms with E-state index in [9.17, 15) is 5.11 Å². The van der Waals surface area contributed by atoms with E-state index in [0.717, 1.165) is 19.3 Å². The predicted octanol–water partition coefficient (Wildman–Crippen LogP) is 5.02. The van der Waals surface area contributed by atoms with Crippen molar-refractivity contribution in [2.75, 3.05) is 12.5 Å². The van der Waals surface area contributed by atoms with Crippen molar-refractivity contribution in [2.45, 2.75) is 38.7 Å². The van der Waals surface area contributed by atoms with Crippen LogP contribution in [0.5, 0.6) is 0 Å². The molecule has 0 radical (unpaired) electrons. The largest absolute Gasteiger partial charge is 0.390 e. The first kappa shape index (κ1) is 16.7. The molecule has 1 aromatic carbocycles. The average molecular weight is 297 g/mol. The van der Waals surface area contributed by atoms with E-state index in [2.05, 4.69) is 50.6 Å². The zero-order valence-electron chi connectivity index (χ0n) is 12.3. The minimum atomic E-state index is -0.595. The molecule has 1 rings (SSSR count). The Labute approximate surface area is 125 Å². The van der Waals surface area contributed by atoms with E-state index >= 15 is 0 Å². The lowest BCUT2D eigenvalue weighted by Gasteiger charge is -2.28. The summed E-state index contributed by atoms with van der Waals surface area (Å²) in [5.41, 5.74) is 1.90. The van der Waals surface area contributed by atoms with Crippen LogP contribution >= 0.6 is 23.5 Å². The maximum atomic E-state index is 10.6. The third kappa shape index (κ3) is 4.59. The standard InChI is InChI=1S/C16H24OS2/c1-5-16(17,6-2)12-14(15(18-3)19-4)13-10-8-7-9-11-13/h7-11,17H,5-6,12H2,1-4H3. The second-order valence-corrected chi connectivity index (χ2v) is 6.54. The summed E-state index contributed by atoms with van der Waals surface area (Å²) in [4.78, 5) is 0. The average Bonchev–Trinajstić information content (AvgIpc) is 2.48. The zero-order valence-corrected chi connectivity index (χ0v) is 13.9. The van der Waals surface area contributed by atoms with Gasteiger partial charge in [-0.05, 0) is 36.5 Å². The Morgan fingerprint density at radius 2 is 1.58 bits per heavy atom. The molecule has 0 atom stereocenters. The molecule has 19 heavy (non-hydrogen) atoms. The number of aliphatic hydroxyl groups is 1. The molecule has 0 aliphatic rings. The molecular formula is C16H24OS2. The fraction of sp³-hybridized carbons (Fsp3) is 0.500. The summed E-state index contributed by atoms with van der Waals surface area (Å²) < 4.78 is 1.30. The minimum absolute atomic E-state index is 0.595. The van der Waals surface area contributed by atoms with Gasteiger partial charge in [0.2, 0.25) is 0 Å². The Balaban J connectivity index is 3.19. The molecule has 0 aromatic heterocycles. The number of benzene rings is 1.